The molecule has 3 rings (SSSR count). The van der Waals surface area contributed by atoms with Gasteiger partial charge in [-0.3, -0.25) is 4.18 Å². The molecule has 2 atom stereocenters. The third-order valence-electron chi connectivity index (χ3n) is 5.21. The van der Waals surface area contributed by atoms with Crippen LogP contribution in [-0.4, -0.2) is 40.3 Å². The van der Waals surface area contributed by atoms with Gasteiger partial charge in [-0.1, -0.05) is 19.3 Å². The topological polar surface area (TPSA) is 61.8 Å². The zero-order valence-electron chi connectivity index (χ0n) is 12.1. The van der Waals surface area contributed by atoms with Crippen LogP contribution < -0.4 is 0 Å². The van der Waals surface area contributed by atoms with Crippen LogP contribution in [0.25, 0.3) is 0 Å². The summed E-state index contributed by atoms with van der Waals surface area (Å²) >= 11 is 0. The molecule has 0 unspecified atom stereocenters. The van der Waals surface area contributed by atoms with E-state index < -0.39 is 15.9 Å². The van der Waals surface area contributed by atoms with E-state index in [1.807, 2.05) is 0 Å². The summed E-state index contributed by atoms with van der Waals surface area (Å²) in [6.45, 7) is 1.41. The Morgan fingerprint density at radius 1 is 1.10 bits per heavy atom. The second kappa shape index (κ2) is 5.23. The van der Waals surface area contributed by atoms with Crippen LogP contribution in [0.1, 0.15) is 44.9 Å². The molecule has 1 aliphatic heterocycles. The zero-order chi connectivity index (χ0) is 14.3. The van der Waals surface area contributed by atoms with Gasteiger partial charge in [0.2, 0.25) is 0 Å². The van der Waals surface area contributed by atoms with Crippen molar-refractivity contribution in [3.63, 3.8) is 0 Å². The van der Waals surface area contributed by atoms with Gasteiger partial charge in [0.25, 0.3) is 10.1 Å². The quantitative estimate of drug-likeness (QED) is 0.747. The Kier molecular flexibility index (Phi) is 3.86. The van der Waals surface area contributed by atoms with Crippen LogP contribution in [0, 0.1) is 11.3 Å². The Hall–Kier alpha value is -0.170. The summed E-state index contributed by atoms with van der Waals surface area (Å²) in [5.41, 5.74) is -0.300. The zero-order valence-corrected chi connectivity index (χ0v) is 12.9. The second-order valence-corrected chi connectivity index (χ2v) is 8.09. The van der Waals surface area contributed by atoms with Gasteiger partial charge in [-0.25, -0.2) is 0 Å². The second-order valence-electron chi connectivity index (χ2n) is 6.45. The Balaban J connectivity index is 1.93. The summed E-state index contributed by atoms with van der Waals surface area (Å²) in [5.74, 6) is -0.226. The molecule has 1 spiro atoms. The first-order valence-electron chi connectivity index (χ1n) is 7.60. The lowest BCUT2D eigenvalue weighted by atomic mass is 9.63. The average molecular weight is 304 g/mol. The monoisotopic (exact) mass is 304 g/mol. The molecule has 0 aromatic rings. The molecule has 3 fully saturated rings. The number of ether oxygens (including phenoxy) is 2. The molecular weight excluding hydrogens is 280 g/mol. The summed E-state index contributed by atoms with van der Waals surface area (Å²) in [4.78, 5) is 0. The summed E-state index contributed by atoms with van der Waals surface area (Å²) in [6.07, 6.45) is 8.56. The molecule has 3 aliphatic rings. The standard InChI is InChI=1S/C14H24O5S/c1-20(15,16)19-11-13-7-3-2-5-12(6-4-8-13)14(13)17-9-10-18-14/h12H,2-11H2,1H3/t12-,13-/m1/s1. The van der Waals surface area contributed by atoms with E-state index in [0.717, 1.165) is 44.8 Å². The minimum absolute atomic E-state index is 0.197. The van der Waals surface area contributed by atoms with Gasteiger partial charge in [-0.15, -0.1) is 0 Å². The molecule has 2 saturated carbocycles. The van der Waals surface area contributed by atoms with Gasteiger partial charge in [-0.2, -0.15) is 8.42 Å². The lowest BCUT2D eigenvalue weighted by Gasteiger charge is -2.52. The maximum absolute atomic E-state index is 11.4. The van der Waals surface area contributed by atoms with Gasteiger partial charge in [0, 0.05) is 11.3 Å². The van der Waals surface area contributed by atoms with Crippen molar-refractivity contribution in [2.24, 2.45) is 11.3 Å². The summed E-state index contributed by atoms with van der Waals surface area (Å²) in [5, 5.41) is 0. The van der Waals surface area contributed by atoms with Gasteiger partial charge in [-0.05, 0) is 25.7 Å². The van der Waals surface area contributed by atoms with E-state index in [1.165, 1.54) is 6.42 Å². The molecule has 5 nitrogen and oxygen atoms in total. The summed E-state index contributed by atoms with van der Waals surface area (Å²) < 4.78 is 40.2. The molecule has 0 radical (unpaired) electrons. The van der Waals surface area contributed by atoms with Crippen molar-refractivity contribution in [2.45, 2.75) is 50.7 Å². The molecule has 2 aliphatic carbocycles. The van der Waals surface area contributed by atoms with Crippen LogP contribution in [0.3, 0.4) is 0 Å². The minimum Gasteiger partial charge on any atom is -0.347 e. The summed E-state index contributed by atoms with van der Waals surface area (Å²) in [6, 6.07) is 0. The van der Waals surface area contributed by atoms with E-state index in [-0.39, 0.29) is 12.0 Å². The van der Waals surface area contributed by atoms with Crippen LogP contribution in [-0.2, 0) is 23.8 Å². The average Bonchev–Trinajstić information content (AvgIpc) is 2.83. The number of hydrogen-bond donors (Lipinski definition) is 0. The Morgan fingerprint density at radius 3 is 2.45 bits per heavy atom. The van der Waals surface area contributed by atoms with E-state index >= 15 is 0 Å². The van der Waals surface area contributed by atoms with Crippen molar-refractivity contribution in [2.75, 3.05) is 26.1 Å². The SMILES string of the molecule is CS(=O)(=O)OC[C@@]12CCCC[C@H](CCC1)C21OCCO1. The highest BCUT2D eigenvalue weighted by Gasteiger charge is 2.62. The van der Waals surface area contributed by atoms with Gasteiger partial charge < -0.3 is 9.47 Å². The fourth-order valence-electron chi connectivity index (χ4n) is 4.41. The highest BCUT2D eigenvalue weighted by molar-refractivity contribution is 7.85. The van der Waals surface area contributed by atoms with Crippen LogP contribution in [0.4, 0.5) is 0 Å². The third-order valence-corrected chi connectivity index (χ3v) is 5.75. The Morgan fingerprint density at radius 2 is 1.75 bits per heavy atom. The molecule has 0 aromatic heterocycles. The highest BCUT2D eigenvalue weighted by atomic mass is 32.2. The molecule has 6 heteroatoms. The molecule has 2 bridgehead atoms. The molecule has 0 amide bonds. The Labute approximate surface area is 121 Å². The smallest absolute Gasteiger partial charge is 0.264 e. The fourth-order valence-corrected chi connectivity index (χ4v) is 4.85. The van der Waals surface area contributed by atoms with Crippen LogP contribution >= 0.6 is 0 Å². The van der Waals surface area contributed by atoms with Crippen molar-refractivity contribution >= 4 is 10.1 Å². The molecule has 0 N–H and O–H groups in total. The minimum atomic E-state index is -3.43. The Bertz CT molecular complexity index is 454. The number of hydrogen-bond acceptors (Lipinski definition) is 5. The normalized spacial score (nSPS) is 37.0. The molecule has 0 aromatic carbocycles. The first-order chi connectivity index (χ1) is 9.48. The van der Waals surface area contributed by atoms with Gasteiger partial charge >= 0.3 is 0 Å². The first-order valence-corrected chi connectivity index (χ1v) is 9.41. The van der Waals surface area contributed by atoms with Gasteiger partial charge in [0.1, 0.15) is 0 Å². The van der Waals surface area contributed by atoms with Gasteiger partial charge in [0.15, 0.2) is 5.79 Å². The van der Waals surface area contributed by atoms with Crippen LogP contribution in [0.5, 0.6) is 0 Å². The highest BCUT2D eigenvalue weighted by Crippen LogP contribution is 2.58. The fraction of sp³-hybridized carbons (Fsp3) is 1.00. The van der Waals surface area contributed by atoms with Crippen molar-refractivity contribution < 1.29 is 22.1 Å². The predicted octanol–water partition coefficient (Wildman–Crippen LogP) is 2.07. The van der Waals surface area contributed by atoms with Gasteiger partial charge in [0.05, 0.1) is 26.1 Å². The van der Waals surface area contributed by atoms with Crippen molar-refractivity contribution in [3.8, 4) is 0 Å². The largest absolute Gasteiger partial charge is 0.347 e. The maximum atomic E-state index is 11.4. The van der Waals surface area contributed by atoms with E-state index in [4.69, 9.17) is 13.7 Å². The molecule has 116 valence electrons. The van der Waals surface area contributed by atoms with E-state index in [9.17, 15) is 8.42 Å². The lowest BCUT2D eigenvalue weighted by molar-refractivity contribution is -0.291. The number of rotatable bonds is 3. The van der Waals surface area contributed by atoms with Crippen molar-refractivity contribution in [1.29, 1.82) is 0 Å². The van der Waals surface area contributed by atoms with Crippen molar-refractivity contribution in [3.05, 3.63) is 0 Å². The van der Waals surface area contributed by atoms with E-state index in [1.54, 1.807) is 0 Å². The van der Waals surface area contributed by atoms with E-state index in [2.05, 4.69) is 0 Å². The molecule has 1 heterocycles. The molecular formula is C14H24O5S. The lowest BCUT2D eigenvalue weighted by Crippen LogP contribution is -2.58. The predicted molar refractivity (Wildman–Crippen MR) is 73.7 cm³/mol. The first kappa shape index (κ1) is 14.8. The van der Waals surface area contributed by atoms with Crippen LogP contribution in [0.15, 0.2) is 0 Å². The third kappa shape index (κ3) is 2.40. The van der Waals surface area contributed by atoms with E-state index in [0.29, 0.717) is 19.1 Å². The maximum Gasteiger partial charge on any atom is 0.264 e. The van der Waals surface area contributed by atoms with Crippen LogP contribution in [0.2, 0.25) is 0 Å². The van der Waals surface area contributed by atoms with Crippen molar-refractivity contribution in [1.82, 2.24) is 0 Å². The molecule has 1 saturated heterocycles. The summed E-state index contributed by atoms with van der Waals surface area (Å²) in [7, 11) is -3.43. The molecule has 20 heavy (non-hydrogen) atoms.